The van der Waals surface area contributed by atoms with Crippen LogP contribution in [-0.2, 0) is 4.79 Å². The van der Waals surface area contributed by atoms with Gasteiger partial charge < -0.3 is 5.32 Å². The van der Waals surface area contributed by atoms with E-state index in [9.17, 15) is 4.79 Å². The number of carbonyl (C=O) groups is 1. The maximum atomic E-state index is 12.0. The van der Waals surface area contributed by atoms with Crippen molar-refractivity contribution in [2.45, 2.75) is 30.5 Å². The first kappa shape index (κ1) is 15.0. The number of anilines is 1. The second-order valence-corrected chi connectivity index (χ2v) is 6.86. The molecule has 1 heterocycles. The summed E-state index contributed by atoms with van der Waals surface area (Å²) in [5, 5.41) is 11.4. The number of nitrogens with zero attached hydrogens (tertiary/aromatic N) is 2. The SMILES string of the molecule is CCSc1nnc(NC(=O)CC(C)c2ccccc2)s1. The van der Waals surface area contributed by atoms with Crippen LogP contribution in [0.1, 0.15) is 31.7 Å². The van der Waals surface area contributed by atoms with Gasteiger partial charge in [0.2, 0.25) is 11.0 Å². The highest BCUT2D eigenvalue weighted by atomic mass is 32.2. The number of hydrogen-bond acceptors (Lipinski definition) is 5. The Bertz CT molecular complexity index is 557. The molecule has 4 nitrogen and oxygen atoms in total. The molecule has 0 aliphatic rings. The molecule has 1 unspecified atom stereocenters. The van der Waals surface area contributed by atoms with Crippen LogP contribution in [0.3, 0.4) is 0 Å². The van der Waals surface area contributed by atoms with Crippen LogP contribution < -0.4 is 5.32 Å². The van der Waals surface area contributed by atoms with Gasteiger partial charge in [0.1, 0.15) is 0 Å². The smallest absolute Gasteiger partial charge is 0.226 e. The predicted octanol–water partition coefficient (Wildman–Crippen LogP) is 3.78. The number of benzene rings is 1. The molecule has 20 heavy (non-hydrogen) atoms. The third-order valence-electron chi connectivity index (χ3n) is 2.78. The molecular weight excluding hydrogens is 290 g/mol. The summed E-state index contributed by atoms with van der Waals surface area (Å²) in [6, 6.07) is 10.0. The number of thioether (sulfide) groups is 1. The standard InChI is InChI=1S/C14H17N3OS2/c1-3-19-14-17-16-13(20-14)15-12(18)9-10(2)11-7-5-4-6-8-11/h4-8,10H,3,9H2,1-2H3,(H,15,16,18). The van der Waals surface area contributed by atoms with Gasteiger partial charge in [-0.2, -0.15) is 0 Å². The molecule has 0 saturated heterocycles. The molecule has 0 saturated carbocycles. The molecule has 106 valence electrons. The minimum atomic E-state index is -0.0226. The molecule has 0 aliphatic carbocycles. The van der Waals surface area contributed by atoms with Crippen LogP contribution >= 0.6 is 23.1 Å². The lowest BCUT2D eigenvalue weighted by molar-refractivity contribution is -0.116. The highest BCUT2D eigenvalue weighted by Gasteiger charge is 2.13. The van der Waals surface area contributed by atoms with Crippen molar-refractivity contribution in [3.05, 3.63) is 35.9 Å². The van der Waals surface area contributed by atoms with Crippen molar-refractivity contribution in [3.8, 4) is 0 Å². The quantitative estimate of drug-likeness (QED) is 0.652. The Morgan fingerprint density at radius 3 is 2.80 bits per heavy atom. The fourth-order valence-electron chi connectivity index (χ4n) is 1.79. The summed E-state index contributed by atoms with van der Waals surface area (Å²) in [6.45, 7) is 4.11. The van der Waals surface area contributed by atoms with E-state index in [1.807, 2.05) is 37.3 Å². The largest absolute Gasteiger partial charge is 0.300 e. The van der Waals surface area contributed by atoms with Gasteiger partial charge in [0.15, 0.2) is 4.34 Å². The Labute approximate surface area is 127 Å². The maximum Gasteiger partial charge on any atom is 0.226 e. The summed E-state index contributed by atoms with van der Waals surface area (Å²) in [6.07, 6.45) is 0.444. The van der Waals surface area contributed by atoms with Gasteiger partial charge >= 0.3 is 0 Å². The maximum absolute atomic E-state index is 12.0. The molecule has 0 bridgehead atoms. The molecule has 0 radical (unpaired) electrons. The zero-order valence-corrected chi connectivity index (χ0v) is 13.1. The molecule has 2 rings (SSSR count). The summed E-state index contributed by atoms with van der Waals surface area (Å²) in [5.74, 6) is 1.12. The summed E-state index contributed by atoms with van der Waals surface area (Å²) in [7, 11) is 0. The van der Waals surface area contributed by atoms with Crippen molar-refractivity contribution in [1.82, 2.24) is 10.2 Å². The Morgan fingerprint density at radius 2 is 2.10 bits per heavy atom. The van der Waals surface area contributed by atoms with E-state index >= 15 is 0 Å². The first-order valence-corrected chi connectivity index (χ1v) is 8.30. The van der Waals surface area contributed by atoms with E-state index in [1.165, 1.54) is 16.9 Å². The molecule has 1 aromatic heterocycles. The van der Waals surface area contributed by atoms with Crippen LogP contribution in [0.4, 0.5) is 5.13 Å². The molecule has 0 spiro atoms. The zero-order valence-electron chi connectivity index (χ0n) is 11.5. The Kier molecular flexibility index (Phi) is 5.55. The second kappa shape index (κ2) is 7.40. The van der Waals surface area contributed by atoms with E-state index in [1.54, 1.807) is 11.8 Å². The molecule has 1 amide bonds. The third kappa shape index (κ3) is 4.31. The van der Waals surface area contributed by atoms with Gasteiger partial charge in [0.05, 0.1) is 0 Å². The van der Waals surface area contributed by atoms with E-state index in [0.29, 0.717) is 11.6 Å². The van der Waals surface area contributed by atoms with Crippen molar-refractivity contribution in [2.24, 2.45) is 0 Å². The molecule has 2 aromatic rings. The molecule has 1 atom stereocenters. The predicted molar refractivity (Wildman–Crippen MR) is 84.4 cm³/mol. The molecule has 0 fully saturated rings. The Morgan fingerprint density at radius 1 is 1.35 bits per heavy atom. The van der Waals surface area contributed by atoms with Crippen LogP contribution in [0, 0.1) is 0 Å². The summed E-state index contributed by atoms with van der Waals surface area (Å²) in [5.41, 5.74) is 1.17. The summed E-state index contributed by atoms with van der Waals surface area (Å²) in [4.78, 5) is 12.0. The van der Waals surface area contributed by atoms with Crippen molar-refractivity contribution < 1.29 is 4.79 Å². The molecule has 6 heteroatoms. The normalized spacial score (nSPS) is 12.1. The second-order valence-electron chi connectivity index (χ2n) is 4.37. The van der Waals surface area contributed by atoms with E-state index in [2.05, 4.69) is 22.4 Å². The fourth-order valence-corrected chi connectivity index (χ4v) is 3.46. The van der Waals surface area contributed by atoms with Gasteiger partial charge in [-0.25, -0.2) is 0 Å². The lowest BCUT2D eigenvalue weighted by atomic mass is 9.98. The van der Waals surface area contributed by atoms with Crippen LogP contribution in [0.15, 0.2) is 34.7 Å². The van der Waals surface area contributed by atoms with Crippen molar-refractivity contribution in [2.75, 3.05) is 11.1 Å². The summed E-state index contributed by atoms with van der Waals surface area (Å²) >= 11 is 3.05. The summed E-state index contributed by atoms with van der Waals surface area (Å²) < 4.78 is 0.888. The van der Waals surface area contributed by atoms with Gasteiger partial charge in [-0.05, 0) is 17.2 Å². The lowest BCUT2D eigenvalue weighted by Gasteiger charge is -2.10. The fraction of sp³-hybridized carbons (Fsp3) is 0.357. The van der Waals surface area contributed by atoms with Gasteiger partial charge in [-0.15, -0.1) is 10.2 Å². The van der Waals surface area contributed by atoms with Crippen LogP contribution in [0.2, 0.25) is 0 Å². The number of nitrogens with one attached hydrogen (secondary N) is 1. The van der Waals surface area contributed by atoms with E-state index < -0.39 is 0 Å². The Balaban J connectivity index is 1.88. The minimum Gasteiger partial charge on any atom is -0.300 e. The van der Waals surface area contributed by atoms with E-state index in [0.717, 1.165) is 10.1 Å². The van der Waals surface area contributed by atoms with Gasteiger partial charge in [0.25, 0.3) is 0 Å². The third-order valence-corrected chi connectivity index (χ3v) is 4.63. The molecule has 1 aromatic carbocycles. The highest BCUT2D eigenvalue weighted by Crippen LogP contribution is 2.26. The first-order chi connectivity index (χ1) is 9.69. The average molecular weight is 307 g/mol. The van der Waals surface area contributed by atoms with Crippen LogP contribution in [0.25, 0.3) is 0 Å². The van der Waals surface area contributed by atoms with Gasteiger partial charge in [0, 0.05) is 6.42 Å². The monoisotopic (exact) mass is 307 g/mol. The molecular formula is C14H17N3OS2. The van der Waals surface area contributed by atoms with E-state index in [4.69, 9.17) is 0 Å². The highest BCUT2D eigenvalue weighted by molar-refractivity contribution is 8.01. The number of aromatic nitrogens is 2. The molecule has 1 N–H and O–H groups in total. The van der Waals surface area contributed by atoms with E-state index in [-0.39, 0.29) is 11.8 Å². The van der Waals surface area contributed by atoms with Crippen molar-refractivity contribution in [3.63, 3.8) is 0 Å². The van der Waals surface area contributed by atoms with Gasteiger partial charge in [-0.3, -0.25) is 4.79 Å². The Hall–Kier alpha value is -1.40. The number of carbonyl (C=O) groups excluding carboxylic acids is 1. The minimum absolute atomic E-state index is 0.0226. The average Bonchev–Trinajstić information content (AvgIpc) is 2.87. The molecule has 0 aliphatic heterocycles. The van der Waals surface area contributed by atoms with Crippen LogP contribution in [-0.4, -0.2) is 21.9 Å². The number of rotatable bonds is 6. The number of amides is 1. The number of hydrogen-bond donors (Lipinski definition) is 1. The van der Waals surface area contributed by atoms with Crippen molar-refractivity contribution >= 4 is 34.1 Å². The van der Waals surface area contributed by atoms with Gasteiger partial charge in [-0.1, -0.05) is 67.3 Å². The first-order valence-electron chi connectivity index (χ1n) is 6.50. The topological polar surface area (TPSA) is 54.9 Å². The zero-order chi connectivity index (χ0) is 14.4. The van der Waals surface area contributed by atoms with Crippen LogP contribution in [0.5, 0.6) is 0 Å². The van der Waals surface area contributed by atoms with Crippen molar-refractivity contribution in [1.29, 1.82) is 0 Å². The lowest BCUT2D eigenvalue weighted by Crippen LogP contribution is -2.14.